The van der Waals surface area contributed by atoms with Gasteiger partial charge in [0.25, 0.3) is 0 Å². The Bertz CT molecular complexity index is 988. The summed E-state index contributed by atoms with van der Waals surface area (Å²) in [7, 11) is 0. The monoisotopic (exact) mass is 441 g/mol. The highest BCUT2D eigenvalue weighted by Gasteiger charge is 2.31. The molecule has 3 aromatic rings. The summed E-state index contributed by atoms with van der Waals surface area (Å²) in [4.78, 5) is 29.2. The maximum Gasteiger partial charge on any atom is 0.573 e. The number of benzene rings is 1. The van der Waals surface area contributed by atoms with E-state index in [9.17, 15) is 22.8 Å². The highest BCUT2D eigenvalue weighted by atomic mass is 32.1. The molecule has 1 aromatic carbocycles. The summed E-state index contributed by atoms with van der Waals surface area (Å²) in [5.74, 6) is -1.10. The van der Waals surface area contributed by atoms with Crippen LogP contribution in [0.15, 0.2) is 47.2 Å². The Balaban J connectivity index is 1.52. The highest BCUT2D eigenvalue weighted by Crippen LogP contribution is 2.25. The molecular weight excluding hydrogens is 427 g/mol. The van der Waals surface area contributed by atoms with Gasteiger partial charge in [-0.25, -0.2) is 4.98 Å². The normalized spacial score (nSPS) is 11.1. The van der Waals surface area contributed by atoms with Crippen LogP contribution in [0.1, 0.15) is 10.6 Å². The lowest BCUT2D eigenvalue weighted by Gasteiger charge is -2.10. The number of halogens is 3. The van der Waals surface area contributed by atoms with Gasteiger partial charge in [-0.05, 0) is 23.6 Å². The number of carbonyl (C=O) groups is 2. The third-order valence-electron chi connectivity index (χ3n) is 3.41. The van der Waals surface area contributed by atoms with Gasteiger partial charge in [0.1, 0.15) is 5.75 Å². The molecule has 0 radical (unpaired) electrons. The van der Waals surface area contributed by atoms with Crippen molar-refractivity contribution >= 4 is 45.3 Å². The number of ether oxygens (including phenoxy) is 1. The van der Waals surface area contributed by atoms with Crippen LogP contribution in [0.4, 0.5) is 24.0 Å². The van der Waals surface area contributed by atoms with Crippen molar-refractivity contribution in [3.8, 4) is 5.75 Å². The quantitative estimate of drug-likeness (QED) is 0.567. The van der Waals surface area contributed by atoms with Gasteiger partial charge >= 0.3 is 6.36 Å². The molecular formula is C18H14F3N3O3S2. The van der Waals surface area contributed by atoms with Gasteiger partial charge in [0, 0.05) is 22.0 Å². The Labute approximate surface area is 171 Å². The van der Waals surface area contributed by atoms with Gasteiger partial charge in [-0.1, -0.05) is 12.1 Å². The van der Waals surface area contributed by atoms with Gasteiger partial charge in [0.2, 0.25) is 11.8 Å². The van der Waals surface area contributed by atoms with E-state index >= 15 is 0 Å². The first-order valence-electron chi connectivity index (χ1n) is 8.19. The number of alkyl halides is 3. The summed E-state index contributed by atoms with van der Waals surface area (Å²) in [5.41, 5.74) is 0.595. The lowest BCUT2D eigenvalue weighted by molar-refractivity contribution is -0.274. The molecule has 0 spiro atoms. The summed E-state index contributed by atoms with van der Waals surface area (Å²) >= 11 is 2.66. The van der Waals surface area contributed by atoms with Gasteiger partial charge in [-0.2, -0.15) is 0 Å². The van der Waals surface area contributed by atoms with Crippen LogP contribution in [0.2, 0.25) is 0 Å². The van der Waals surface area contributed by atoms with Crippen molar-refractivity contribution < 1.29 is 27.5 Å². The Morgan fingerprint density at radius 3 is 2.55 bits per heavy atom. The third kappa shape index (κ3) is 6.88. The SMILES string of the molecule is O=C(Cc1csc(NC(=O)Cc2cccs2)n1)Nc1cccc(OC(F)(F)F)c1. The average Bonchev–Trinajstić information content (AvgIpc) is 3.25. The number of rotatable bonds is 7. The van der Waals surface area contributed by atoms with Crippen LogP contribution < -0.4 is 15.4 Å². The predicted octanol–water partition coefficient (Wildman–Crippen LogP) is 4.47. The summed E-state index contributed by atoms with van der Waals surface area (Å²) in [5, 5.41) is 9.04. The molecule has 0 atom stereocenters. The minimum Gasteiger partial charge on any atom is -0.406 e. The lowest BCUT2D eigenvalue weighted by atomic mass is 10.2. The zero-order chi connectivity index (χ0) is 20.9. The molecule has 2 N–H and O–H groups in total. The van der Waals surface area contributed by atoms with Crippen molar-refractivity contribution in [2.24, 2.45) is 0 Å². The number of hydrogen-bond donors (Lipinski definition) is 2. The van der Waals surface area contributed by atoms with Crippen molar-refractivity contribution in [2.45, 2.75) is 19.2 Å². The van der Waals surface area contributed by atoms with Crippen LogP contribution in [0.25, 0.3) is 0 Å². The van der Waals surface area contributed by atoms with Gasteiger partial charge < -0.3 is 15.4 Å². The molecule has 6 nitrogen and oxygen atoms in total. The number of hydrogen-bond acceptors (Lipinski definition) is 6. The van der Waals surface area contributed by atoms with Crippen LogP contribution in [-0.4, -0.2) is 23.2 Å². The van der Waals surface area contributed by atoms with Crippen molar-refractivity contribution in [3.05, 3.63) is 57.7 Å². The van der Waals surface area contributed by atoms with Crippen LogP contribution in [-0.2, 0) is 22.4 Å². The summed E-state index contributed by atoms with van der Waals surface area (Å²) < 4.78 is 40.6. The third-order valence-corrected chi connectivity index (χ3v) is 5.09. The van der Waals surface area contributed by atoms with E-state index in [1.54, 1.807) is 5.38 Å². The first-order chi connectivity index (χ1) is 13.8. The number of carbonyl (C=O) groups excluding carboxylic acids is 2. The molecule has 0 bridgehead atoms. The Hall–Kier alpha value is -2.92. The number of aromatic nitrogens is 1. The number of amides is 2. The van der Waals surface area contributed by atoms with Crippen molar-refractivity contribution in [1.82, 2.24) is 4.98 Å². The molecule has 0 unspecified atom stereocenters. The van der Waals surface area contributed by atoms with E-state index in [2.05, 4.69) is 20.4 Å². The van der Waals surface area contributed by atoms with Crippen LogP contribution in [0.5, 0.6) is 5.75 Å². The Kier molecular flexibility index (Phi) is 6.49. The van der Waals surface area contributed by atoms with Gasteiger partial charge in [0.15, 0.2) is 5.13 Å². The van der Waals surface area contributed by atoms with E-state index in [0.717, 1.165) is 17.0 Å². The van der Waals surface area contributed by atoms with E-state index in [-0.39, 0.29) is 24.4 Å². The zero-order valence-corrected chi connectivity index (χ0v) is 16.3. The molecule has 0 fully saturated rings. The second kappa shape index (κ2) is 9.05. The largest absolute Gasteiger partial charge is 0.573 e. The minimum atomic E-state index is -4.81. The number of thiophene rings is 1. The standard InChI is InChI=1S/C18H14F3N3O3S2/c19-18(20,21)27-13-4-1-3-11(7-13)22-15(25)8-12-10-29-17(23-12)24-16(26)9-14-5-2-6-28-14/h1-7,10H,8-9H2,(H,22,25)(H,23,24,26). The molecule has 2 heterocycles. The molecule has 3 rings (SSSR count). The fourth-order valence-corrected chi connectivity index (χ4v) is 3.75. The van der Waals surface area contributed by atoms with Crippen LogP contribution in [0, 0.1) is 0 Å². The van der Waals surface area contributed by atoms with Crippen LogP contribution in [0.3, 0.4) is 0 Å². The van der Waals surface area contributed by atoms with Crippen molar-refractivity contribution in [1.29, 1.82) is 0 Å². The van der Waals surface area contributed by atoms with Crippen molar-refractivity contribution in [2.75, 3.05) is 10.6 Å². The van der Waals surface area contributed by atoms with Gasteiger partial charge in [0.05, 0.1) is 18.5 Å². The average molecular weight is 441 g/mol. The molecule has 0 aliphatic heterocycles. The predicted molar refractivity (Wildman–Crippen MR) is 104 cm³/mol. The molecule has 0 saturated heterocycles. The Morgan fingerprint density at radius 2 is 1.83 bits per heavy atom. The molecule has 0 aliphatic rings. The molecule has 11 heteroatoms. The van der Waals surface area contributed by atoms with E-state index in [1.165, 1.54) is 34.8 Å². The molecule has 0 aliphatic carbocycles. The first kappa shape index (κ1) is 20.8. The summed E-state index contributed by atoms with van der Waals surface area (Å²) in [6.45, 7) is 0. The number of nitrogens with zero attached hydrogens (tertiary/aromatic N) is 1. The maximum atomic E-state index is 12.3. The molecule has 2 aromatic heterocycles. The minimum absolute atomic E-state index is 0.0956. The molecule has 29 heavy (non-hydrogen) atoms. The van der Waals surface area contributed by atoms with E-state index in [1.807, 2.05) is 17.5 Å². The molecule has 2 amide bonds. The Morgan fingerprint density at radius 1 is 1.03 bits per heavy atom. The van der Waals surface area contributed by atoms with Crippen molar-refractivity contribution in [3.63, 3.8) is 0 Å². The second-order valence-corrected chi connectivity index (χ2v) is 7.64. The highest BCUT2D eigenvalue weighted by molar-refractivity contribution is 7.14. The fraction of sp³-hybridized carbons (Fsp3) is 0.167. The van der Waals surface area contributed by atoms with E-state index in [0.29, 0.717) is 10.8 Å². The fourth-order valence-electron chi connectivity index (χ4n) is 2.32. The summed E-state index contributed by atoms with van der Waals surface area (Å²) in [6, 6.07) is 8.70. The van der Waals surface area contributed by atoms with Gasteiger partial charge in [-0.3, -0.25) is 9.59 Å². The number of thiazole rings is 1. The topological polar surface area (TPSA) is 80.3 Å². The lowest BCUT2D eigenvalue weighted by Crippen LogP contribution is -2.18. The molecule has 152 valence electrons. The van der Waals surface area contributed by atoms with E-state index in [4.69, 9.17) is 0 Å². The van der Waals surface area contributed by atoms with Crippen LogP contribution >= 0.6 is 22.7 Å². The number of anilines is 2. The number of nitrogens with one attached hydrogen (secondary N) is 2. The smallest absolute Gasteiger partial charge is 0.406 e. The maximum absolute atomic E-state index is 12.3. The second-order valence-electron chi connectivity index (χ2n) is 5.75. The zero-order valence-electron chi connectivity index (χ0n) is 14.7. The summed E-state index contributed by atoms with van der Waals surface area (Å²) in [6.07, 6.45) is -4.67. The van der Waals surface area contributed by atoms with E-state index < -0.39 is 18.0 Å². The first-order valence-corrected chi connectivity index (χ1v) is 9.95. The molecule has 0 saturated carbocycles. The van der Waals surface area contributed by atoms with Gasteiger partial charge in [-0.15, -0.1) is 35.8 Å².